The number of pyridine rings is 1. The van der Waals surface area contributed by atoms with E-state index in [0.29, 0.717) is 5.92 Å². The molecule has 19 heavy (non-hydrogen) atoms. The molecule has 1 heterocycles. The average Bonchev–Trinajstić information content (AvgIpc) is 2.43. The number of nitrogens with one attached hydrogen (secondary N) is 1. The van der Waals surface area contributed by atoms with Gasteiger partial charge in [0.15, 0.2) is 0 Å². The number of rotatable bonds is 5. The number of methoxy groups -OCH3 is 1. The monoisotopic (exact) mass is 259 g/mol. The van der Waals surface area contributed by atoms with E-state index in [0.717, 1.165) is 16.5 Å². The predicted octanol–water partition coefficient (Wildman–Crippen LogP) is 2.41. The van der Waals surface area contributed by atoms with Crippen LogP contribution in [0.25, 0.3) is 10.9 Å². The number of benzene rings is 1. The minimum atomic E-state index is -0.0450. The van der Waals surface area contributed by atoms with Gasteiger partial charge >= 0.3 is 0 Å². The van der Waals surface area contributed by atoms with Crippen LogP contribution in [0, 0.1) is 5.92 Å². The lowest BCUT2D eigenvalue weighted by atomic mass is 9.93. The summed E-state index contributed by atoms with van der Waals surface area (Å²) in [5.74, 6) is 6.08. The minimum absolute atomic E-state index is 0.0196. The van der Waals surface area contributed by atoms with Gasteiger partial charge in [-0.1, -0.05) is 32.0 Å². The van der Waals surface area contributed by atoms with Crippen LogP contribution < -0.4 is 11.3 Å². The predicted molar refractivity (Wildman–Crippen MR) is 77.4 cm³/mol. The Hall–Kier alpha value is -1.49. The maximum absolute atomic E-state index is 5.71. The van der Waals surface area contributed by atoms with Crippen LogP contribution in [0.5, 0.6) is 0 Å². The molecule has 0 aliphatic heterocycles. The largest absolute Gasteiger partial charge is 0.379 e. The van der Waals surface area contributed by atoms with Crippen molar-refractivity contribution in [1.82, 2.24) is 10.4 Å². The van der Waals surface area contributed by atoms with E-state index in [1.807, 2.05) is 12.1 Å². The van der Waals surface area contributed by atoms with E-state index in [2.05, 4.69) is 42.5 Å². The van der Waals surface area contributed by atoms with Crippen molar-refractivity contribution >= 4 is 10.9 Å². The first kappa shape index (κ1) is 13.9. The Morgan fingerprint density at radius 2 is 2.05 bits per heavy atom. The summed E-state index contributed by atoms with van der Waals surface area (Å²) in [7, 11) is 1.72. The zero-order valence-corrected chi connectivity index (χ0v) is 11.6. The van der Waals surface area contributed by atoms with Crippen molar-refractivity contribution in [2.45, 2.75) is 26.0 Å². The molecule has 3 N–H and O–H groups in total. The van der Waals surface area contributed by atoms with Gasteiger partial charge in [-0.3, -0.25) is 16.3 Å². The quantitative estimate of drug-likeness (QED) is 0.639. The lowest BCUT2D eigenvalue weighted by Gasteiger charge is -2.28. The van der Waals surface area contributed by atoms with Crippen LogP contribution in [0.1, 0.15) is 25.5 Å². The van der Waals surface area contributed by atoms with E-state index in [-0.39, 0.29) is 12.1 Å². The first-order valence-corrected chi connectivity index (χ1v) is 6.51. The summed E-state index contributed by atoms with van der Waals surface area (Å²) in [6, 6.07) is 10.1. The molecule has 0 radical (unpaired) electrons. The molecule has 0 aliphatic carbocycles. The molecule has 0 aliphatic rings. The van der Waals surface area contributed by atoms with Gasteiger partial charge in [0.1, 0.15) is 0 Å². The van der Waals surface area contributed by atoms with E-state index in [1.54, 1.807) is 13.3 Å². The third kappa shape index (κ3) is 2.92. The molecule has 2 aromatic rings. The summed E-state index contributed by atoms with van der Waals surface area (Å²) in [5.41, 5.74) is 4.93. The van der Waals surface area contributed by atoms with Crippen molar-refractivity contribution in [3.05, 3.63) is 42.1 Å². The highest BCUT2D eigenvalue weighted by Gasteiger charge is 2.25. The van der Waals surface area contributed by atoms with Gasteiger partial charge in [-0.15, -0.1) is 0 Å². The fraction of sp³-hybridized carbons (Fsp3) is 0.400. The number of nitrogens with zero attached hydrogens (tertiary/aromatic N) is 1. The molecule has 2 atom stereocenters. The topological polar surface area (TPSA) is 60.2 Å². The van der Waals surface area contributed by atoms with Crippen LogP contribution in [0.2, 0.25) is 0 Å². The molecular weight excluding hydrogens is 238 g/mol. The minimum Gasteiger partial charge on any atom is -0.379 e. The Labute approximate surface area is 113 Å². The number of hydrogen-bond acceptors (Lipinski definition) is 4. The third-order valence-corrected chi connectivity index (χ3v) is 3.43. The van der Waals surface area contributed by atoms with E-state index in [9.17, 15) is 0 Å². The van der Waals surface area contributed by atoms with Gasteiger partial charge in [-0.05, 0) is 23.6 Å². The molecule has 1 aromatic carbocycles. The van der Waals surface area contributed by atoms with Crippen molar-refractivity contribution in [1.29, 1.82) is 0 Å². The Bertz CT molecular complexity index is 542. The Balaban J connectivity index is 2.40. The molecule has 1 aromatic heterocycles. The smallest absolute Gasteiger partial charge is 0.0801 e. The summed E-state index contributed by atoms with van der Waals surface area (Å²) in [6.45, 7) is 4.25. The first-order chi connectivity index (χ1) is 9.17. The third-order valence-electron chi connectivity index (χ3n) is 3.43. The van der Waals surface area contributed by atoms with Gasteiger partial charge in [0.25, 0.3) is 0 Å². The second-order valence-electron chi connectivity index (χ2n) is 5.04. The molecule has 2 rings (SSSR count). The van der Waals surface area contributed by atoms with Gasteiger partial charge in [-0.2, -0.15) is 0 Å². The van der Waals surface area contributed by atoms with Crippen molar-refractivity contribution < 1.29 is 4.74 Å². The second kappa shape index (κ2) is 6.10. The zero-order chi connectivity index (χ0) is 13.8. The summed E-state index contributed by atoms with van der Waals surface area (Å²) < 4.78 is 5.57. The molecule has 102 valence electrons. The van der Waals surface area contributed by atoms with Crippen LogP contribution in [-0.2, 0) is 4.74 Å². The fourth-order valence-corrected chi connectivity index (χ4v) is 2.45. The summed E-state index contributed by atoms with van der Waals surface area (Å²) in [6.07, 6.45) is 1.82. The summed E-state index contributed by atoms with van der Waals surface area (Å²) >= 11 is 0. The van der Waals surface area contributed by atoms with Crippen molar-refractivity contribution in [2.75, 3.05) is 7.11 Å². The molecule has 0 fully saturated rings. The standard InChI is InChI=1S/C15H21N3O/c1-10(2)15(19-3)14(18-16)12-7-6-11-5-4-8-17-13(11)9-12/h4-10,14-15,18H,16H2,1-3H3. The maximum Gasteiger partial charge on any atom is 0.0801 e. The number of hydrogen-bond donors (Lipinski definition) is 2. The van der Waals surface area contributed by atoms with Gasteiger partial charge in [-0.25, -0.2) is 0 Å². The molecule has 4 heteroatoms. The summed E-state index contributed by atoms with van der Waals surface area (Å²) in [4.78, 5) is 4.38. The molecule has 0 bridgehead atoms. The van der Waals surface area contributed by atoms with Crippen LogP contribution in [0.3, 0.4) is 0 Å². The average molecular weight is 259 g/mol. The van der Waals surface area contributed by atoms with E-state index >= 15 is 0 Å². The lowest BCUT2D eigenvalue weighted by Crippen LogP contribution is -2.40. The van der Waals surface area contributed by atoms with Crippen molar-refractivity contribution in [3.8, 4) is 0 Å². The van der Waals surface area contributed by atoms with Crippen molar-refractivity contribution in [3.63, 3.8) is 0 Å². The van der Waals surface area contributed by atoms with Gasteiger partial charge in [0.05, 0.1) is 17.7 Å². The molecule has 0 amide bonds. The number of hydrazine groups is 1. The molecular formula is C15H21N3O. The fourth-order valence-electron chi connectivity index (χ4n) is 2.45. The molecule has 4 nitrogen and oxygen atoms in total. The van der Waals surface area contributed by atoms with Crippen LogP contribution >= 0.6 is 0 Å². The molecule has 0 saturated heterocycles. The number of nitrogens with two attached hydrogens (primary N) is 1. The molecule has 0 spiro atoms. The van der Waals surface area contributed by atoms with Crippen molar-refractivity contribution in [2.24, 2.45) is 11.8 Å². The number of ether oxygens (including phenoxy) is 1. The van der Waals surface area contributed by atoms with Gasteiger partial charge in [0, 0.05) is 18.7 Å². The van der Waals surface area contributed by atoms with E-state index in [1.165, 1.54) is 0 Å². The van der Waals surface area contributed by atoms with E-state index in [4.69, 9.17) is 10.6 Å². The van der Waals surface area contributed by atoms with Gasteiger partial charge in [0.2, 0.25) is 0 Å². The normalized spacial score (nSPS) is 14.8. The highest BCUT2D eigenvalue weighted by atomic mass is 16.5. The number of aromatic nitrogens is 1. The highest BCUT2D eigenvalue weighted by Crippen LogP contribution is 2.25. The van der Waals surface area contributed by atoms with E-state index < -0.39 is 0 Å². The highest BCUT2D eigenvalue weighted by molar-refractivity contribution is 5.79. The van der Waals surface area contributed by atoms with Gasteiger partial charge < -0.3 is 4.74 Å². The number of fused-ring (bicyclic) bond motifs is 1. The Morgan fingerprint density at radius 3 is 2.68 bits per heavy atom. The molecule has 2 unspecified atom stereocenters. The zero-order valence-electron chi connectivity index (χ0n) is 11.6. The van der Waals surface area contributed by atoms with Crippen LogP contribution in [0.4, 0.5) is 0 Å². The SMILES string of the molecule is COC(C(C)C)C(NN)c1ccc2cccnc2c1. The Morgan fingerprint density at radius 1 is 1.26 bits per heavy atom. The second-order valence-corrected chi connectivity index (χ2v) is 5.04. The lowest BCUT2D eigenvalue weighted by molar-refractivity contribution is 0.0326. The Kier molecular flexibility index (Phi) is 4.47. The van der Waals surface area contributed by atoms with Crippen LogP contribution in [0.15, 0.2) is 36.5 Å². The molecule has 0 saturated carbocycles. The summed E-state index contributed by atoms with van der Waals surface area (Å²) in [5, 5.41) is 1.13. The van der Waals surface area contributed by atoms with Crippen LogP contribution in [-0.4, -0.2) is 18.2 Å². The first-order valence-electron chi connectivity index (χ1n) is 6.51. The maximum atomic E-state index is 5.71.